The van der Waals surface area contributed by atoms with Crippen LogP contribution < -0.4 is 4.74 Å². The molecule has 0 saturated carbocycles. The van der Waals surface area contributed by atoms with Crippen LogP contribution in [0, 0.1) is 5.92 Å². The number of hydrogen-bond acceptors (Lipinski definition) is 4. The molecule has 1 aromatic heterocycles. The summed E-state index contributed by atoms with van der Waals surface area (Å²) in [6, 6.07) is 9.46. The summed E-state index contributed by atoms with van der Waals surface area (Å²) < 4.78 is 7.37. The van der Waals surface area contributed by atoms with E-state index in [1.807, 2.05) is 41.4 Å². The summed E-state index contributed by atoms with van der Waals surface area (Å²) in [6.45, 7) is 5.61. The molecular formula is C21H28N4O2. The van der Waals surface area contributed by atoms with Gasteiger partial charge in [0.05, 0.1) is 19.3 Å². The lowest BCUT2D eigenvalue weighted by Crippen LogP contribution is -2.40. The van der Waals surface area contributed by atoms with Gasteiger partial charge in [-0.25, -0.2) is 0 Å². The van der Waals surface area contributed by atoms with Crippen LogP contribution in [-0.4, -0.2) is 58.8 Å². The number of amides is 1. The van der Waals surface area contributed by atoms with Crippen molar-refractivity contribution in [2.45, 2.75) is 32.4 Å². The lowest BCUT2D eigenvalue weighted by Gasteiger charge is -2.31. The fourth-order valence-corrected chi connectivity index (χ4v) is 4.25. The van der Waals surface area contributed by atoms with Crippen molar-refractivity contribution >= 4 is 5.91 Å². The molecule has 144 valence electrons. The van der Waals surface area contributed by atoms with Crippen molar-refractivity contribution in [3.05, 3.63) is 47.8 Å². The van der Waals surface area contributed by atoms with Gasteiger partial charge in [-0.1, -0.05) is 12.5 Å². The number of hydrogen-bond donors (Lipinski definition) is 0. The van der Waals surface area contributed by atoms with Crippen molar-refractivity contribution in [2.75, 3.05) is 33.3 Å². The topological polar surface area (TPSA) is 50.6 Å². The summed E-state index contributed by atoms with van der Waals surface area (Å²) in [5.41, 5.74) is 1.78. The number of carbonyl (C=O) groups excluding carboxylic acids is 1. The molecule has 2 aromatic rings. The van der Waals surface area contributed by atoms with Crippen LogP contribution >= 0.6 is 0 Å². The summed E-state index contributed by atoms with van der Waals surface area (Å²) in [7, 11) is 1.63. The average molecular weight is 368 g/mol. The van der Waals surface area contributed by atoms with Gasteiger partial charge < -0.3 is 14.5 Å². The molecule has 3 heterocycles. The van der Waals surface area contributed by atoms with E-state index in [4.69, 9.17) is 4.74 Å². The third kappa shape index (κ3) is 4.16. The minimum Gasteiger partial charge on any atom is -0.497 e. The Morgan fingerprint density at radius 3 is 2.85 bits per heavy atom. The van der Waals surface area contributed by atoms with Gasteiger partial charge in [-0.05, 0) is 50.2 Å². The summed E-state index contributed by atoms with van der Waals surface area (Å²) in [5, 5.41) is 4.49. The van der Waals surface area contributed by atoms with Crippen molar-refractivity contribution in [1.82, 2.24) is 19.6 Å². The number of fused-ring (bicyclic) bond motifs is 1. The van der Waals surface area contributed by atoms with E-state index in [2.05, 4.69) is 14.7 Å². The molecule has 0 bridgehead atoms. The Labute approximate surface area is 160 Å². The summed E-state index contributed by atoms with van der Waals surface area (Å²) >= 11 is 0. The number of aromatic nitrogens is 2. The lowest BCUT2D eigenvalue weighted by atomic mass is 10.0. The van der Waals surface area contributed by atoms with Crippen LogP contribution in [-0.2, 0) is 13.1 Å². The van der Waals surface area contributed by atoms with Crippen LogP contribution in [0.2, 0.25) is 0 Å². The highest BCUT2D eigenvalue weighted by molar-refractivity contribution is 5.94. The summed E-state index contributed by atoms with van der Waals surface area (Å²) in [6.07, 6.45) is 5.75. The van der Waals surface area contributed by atoms with Crippen LogP contribution in [0.5, 0.6) is 5.75 Å². The molecule has 1 aromatic carbocycles. The van der Waals surface area contributed by atoms with Gasteiger partial charge in [0.25, 0.3) is 5.91 Å². The summed E-state index contributed by atoms with van der Waals surface area (Å²) in [4.78, 5) is 17.7. The first-order valence-electron chi connectivity index (χ1n) is 9.89. The van der Waals surface area contributed by atoms with Gasteiger partial charge in [0.1, 0.15) is 5.75 Å². The third-order valence-corrected chi connectivity index (χ3v) is 5.64. The maximum Gasteiger partial charge on any atom is 0.254 e. The molecule has 2 aliphatic rings. The molecule has 4 rings (SSSR count). The smallest absolute Gasteiger partial charge is 0.254 e. The second-order valence-electron chi connectivity index (χ2n) is 7.65. The molecule has 6 nitrogen and oxygen atoms in total. The largest absolute Gasteiger partial charge is 0.497 e. The van der Waals surface area contributed by atoms with Crippen molar-refractivity contribution in [2.24, 2.45) is 5.92 Å². The normalized spacial score (nSPS) is 20.8. The standard InChI is InChI=1S/C21H28N4O2/c1-27-20-7-5-6-18(12-20)21(26)24-14-17(13-23-10-3-2-4-11-23)15-25-19(16-24)8-9-22-25/h5-9,12,17H,2-4,10-11,13-16H2,1H3/t17-/m1/s1. The SMILES string of the molecule is COc1cccc(C(=O)N2Cc3ccnn3C[C@H](CN3CCCCC3)C2)c1. The molecule has 1 fully saturated rings. The number of nitrogens with zero attached hydrogens (tertiary/aromatic N) is 4. The third-order valence-electron chi connectivity index (χ3n) is 5.64. The molecule has 27 heavy (non-hydrogen) atoms. The van der Waals surface area contributed by atoms with E-state index >= 15 is 0 Å². The highest BCUT2D eigenvalue weighted by atomic mass is 16.5. The number of carbonyl (C=O) groups is 1. The zero-order valence-electron chi connectivity index (χ0n) is 16.0. The Morgan fingerprint density at radius 1 is 1.19 bits per heavy atom. The molecule has 2 aliphatic heterocycles. The van der Waals surface area contributed by atoms with Gasteiger partial charge in [-0.15, -0.1) is 0 Å². The van der Waals surface area contributed by atoms with E-state index in [0.717, 1.165) is 25.3 Å². The zero-order chi connectivity index (χ0) is 18.6. The first kappa shape index (κ1) is 18.0. The second-order valence-corrected chi connectivity index (χ2v) is 7.65. The van der Waals surface area contributed by atoms with E-state index < -0.39 is 0 Å². The average Bonchev–Trinajstić information content (AvgIpc) is 3.06. The van der Waals surface area contributed by atoms with Gasteiger partial charge in [0, 0.05) is 37.3 Å². The van der Waals surface area contributed by atoms with E-state index in [9.17, 15) is 4.79 Å². The number of ether oxygens (including phenoxy) is 1. The summed E-state index contributed by atoms with van der Waals surface area (Å²) in [5.74, 6) is 1.16. The Balaban J connectivity index is 1.54. The first-order valence-corrected chi connectivity index (χ1v) is 9.89. The molecule has 0 N–H and O–H groups in total. The van der Waals surface area contributed by atoms with Crippen LogP contribution in [0.1, 0.15) is 35.3 Å². The molecule has 0 spiro atoms. The quantitative estimate of drug-likeness (QED) is 0.833. The predicted octanol–water partition coefficient (Wildman–Crippen LogP) is 2.65. The maximum absolute atomic E-state index is 13.2. The van der Waals surface area contributed by atoms with Crippen molar-refractivity contribution in [3.8, 4) is 5.75 Å². The molecule has 1 amide bonds. The molecule has 1 saturated heterocycles. The van der Waals surface area contributed by atoms with E-state index in [1.165, 1.54) is 32.4 Å². The molecule has 0 aliphatic carbocycles. The Morgan fingerprint density at radius 2 is 2.04 bits per heavy atom. The number of methoxy groups -OCH3 is 1. The number of rotatable bonds is 4. The van der Waals surface area contributed by atoms with E-state index in [1.54, 1.807) is 7.11 Å². The zero-order valence-corrected chi connectivity index (χ0v) is 16.0. The molecule has 0 unspecified atom stereocenters. The monoisotopic (exact) mass is 368 g/mol. The van der Waals surface area contributed by atoms with Crippen LogP contribution in [0.3, 0.4) is 0 Å². The fraction of sp³-hybridized carbons (Fsp3) is 0.524. The van der Waals surface area contributed by atoms with Gasteiger partial charge in [-0.2, -0.15) is 5.10 Å². The lowest BCUT2D eigenvalue weighted by molar-refractivity contribution is 0.0699. The van der Waals surface area contributed by atoms with E-state index in [-0.39, 0.29) is 5.91 Å². The Bertz CT molecular complexity index is 782. The molecule has 0 radical (unpaired) electrons. The minimum atomic E-state index is 0.0622. The van der Waals surface area contributed by atoms with Crippen molar-refractivity contribution in [1.29, 1.82) is 0 Å². The fourth-order valence-electron chi connectivity index (χ4n) is 4.25. The predicted molar refractivity (Wildman–Crippen MR) is 104 cm³/mol. The highest BCUT2D eigenvalue weighted by Crippen LogP contribution is 2.22. The Hall–Kier alpha value is -2.34. The van der Waals surface area contributed by atoms with Gasteiger partial charge in [0.15, 0.2) is 0 Å². The highest BCUT2D eigenvalue weighted by Gasteiger charge is 2.28. The number of piperidine rings is 1. The molecular weight excluding hydrogens is 340 g/mol. The van der Waals surface area contributed by atoms with Gasteiger partial charge in [0.2, 0.25) is 0 Å². The van der Waals surface area contributed by atoms with Crippen LogP contribution in [0.4, 0.5) is 0 Å². The van der Waals surface area contributed by atoms with Crippen LogP contribution in [0.25, 0.3) is 0 Å². The first-order chi connectivity index (χ1) is 13.2. The van der Waals surface area contributed by atoms with E-state index in [0.29, 0.717) is 23.8 Å². The van der Waals surface area contributed by atoms with Gasteiger partial charge >= 0.3 is 0 Å². The maximum atomic E-state index is 13.2. The van der Waals surface area contributed by atoms with Crippen LogP contribution in [0.15, 0.2) is 36.5 Å². The molecule has 6 heteroatoms. The number of benzene rings is 1. The molecule has 1 atom stereocenters. The van der Waals surface area contributed by atoms with Crippen molar-refractivity contribution in [3.63, 3.8) is 0 Å². The van der Waals surface area contributed by atoms with Crippen molar-refractivity contribution < 1.29 is 9.53 Å². The Kier molecular flexibility index (Phi) is 5.43. The van der Waals surface area contributed by atoms with Gasteiger partial charge in [-0.3, -0.25) is 9.48 Å². The number of likely N-dealkylation sites (tertiary alicyclic amines) is 1. The minimum absolute atomic E-state index is 0.0622. The second kappa shape index (κ2) is 8.13.